The van der Waals surface area contributed by atoms with Crippen LogP contribution >= 0.6 is 0 Å². The molecule has 0 saturated heterocycles. The van der Waals surface area contributed by atoms with Crippen LogP contribution in [-0.2, 0) is 17.7 Å². The maximum Gasteiger partial charge on any atom is 0.335 e. The van der Waals surface area contributed by atoms with Crippen LogP contribution in [0.1, 0.15) is 21.5 Å². The number of para-hydroxylation sites is 1. The molecule has 0 atom stereocenters. The maximum absolute atomic E-state index is 11.0. The number of anilines is 1. The second kappa shape index (κ2) is 7.45. The first-order chi connectivity index (χ1) is 10.2. The van der Waals surface area contributed by atoms with E-state index in [0.29, 0.717) is 18.7 Å². The molecule has 0 radical (unpaired) electrons. The highest BCUT2D eigenvalue weighted by atomic mass is 16.5. The summed E-state index contributed by atoms with van der Waals surface area (Å²) in [4.78, 5) is 11.0. The second-order valence-corrected chi connectivity index (χ2v) is 4.76. The lowest BCUT2D eigenvalue weighted by Gasteiger charge is -2.12. The molecule has 0 amide bonds. The van der Waals surface area contributed by atoms with Crippen LogP contribution < -0.4 is 5.32 Å². The summed E-state index contributed by atoms with van der Waals surface area (Å²) < 4.78 is 5.11. The molecule has 0 heterocycles. The van der Waals surface area contributed by atoms with E-state index >= 15 is 0 Å². The molecule has 4 heteroatoms. The zero-order valence-electron chi connectivity index (χ0n) is 12.0. The monoisotopic (exact) mass is 285 g/mol. The average molecular weight is 285 g/mol. The van der Waals surface area contributed by atoms with Gasteiger partial charge in [0.2, 0.25) is 0 Å². The minimum atomic E-state index is -0.905. The number of methoxy groups -OCH3 is 1. The Balaban J connectivity index is 2.06. The van der Waals surface area contributed by atoms with Crippen LogP contribution in [0.15, 0.2) is 48.5 Å². The molecule has 0 spiro atoms. The average Bonchev–Trinajstić information content (AvgIpc) is 2.52. The lowest BCUT2D eigenvalue weighted by atomic mass is 10.1. The quantitative estimate of drug-likeness (QED) is 0.820. The fourth-order valence-corrected chi connectivity index (χ4v) is 2.13. The van der Waals surface area contributed by atoms with E-state index in [9.17, 15) is 4.79 Å². The molecule has 0 aromatic heterocycles. The molecule has 0 aliphatic rings. The summed E-state index contributed by atoms with van der Waals surface area (Å²) in [6.45, 7) is 1.26. The Labute approximate surface area is 124 Å². The molecular weight excluding hydrogens is 266 g/mol. The van der Waals surface area contributed by atoms with Crippen molar-refractivity contribution in [3.8, 4) is 0 Å². The highest BCUT2D eigenvalue weighted by Crippen LogP contribution is 2.17. The number of carbonyl (C=O) groups is 1. The van der Waals surface area contributed by atoms with Gasteiger partial charge in [-0.1, -0.05) is 30.3 Å². The number of hydrogen-bond donors (Lipinski definition) is 2. The predicted molar refractivity (Wildman–Crippen MR) is 82.8 cm³/mol. The molecule has 2 aromatic rings. The zero-order chi connectivity index (χ0) is 15.1. The number of rotatable bonds is 7. The Morgan fingerprint density at radius 3 is 2.76 bits per heavy atom. The molecule has 0 bridgehead atoms. The van der Waals surface area contributed by atoms with Gasteiger partial charge in [-0.3, -0.25) is 0 Å². The number of carboxylic acids is 1. The Hall–Kier alpha value is -2.33. The van der Waals surface area contributed by atoms with E-state index in [2.05, 4.69) is 11.4 Å². The van der Waals surface area contributed by atoms with Crippen molar-refractivity contribution in [2.45, 2.75) is 13.0 Å². The largest absolute Gasteiger partial charge is 0.478 e. The van der Waals surface area contributed by atoms with Crippen molar-refractivity contribution in [2.24, 2.45) is 0 Å². The third kappa shape index (κ3) is 4.33. The van der Waals surface area contributed by atoms with E-state index in [1.165, 1.54) is 5.56 Å². The van der Waals surface area contributed by atoms with E-state index in [-0.39, 0.29) is 0 Å². The molecule has 110 valence electrons. The van der Waals surface area contributed by atoms with Gasteiger partial charge in [-0.25, -0.2) is 4.79 Å². The summed E-state index contributed by atoms with van der Waals surface area (Å²) in [5, 5.41) is 12.4. The van der Waals surface area contributed by atoms with Gasteiger partial charge in [-0.05, 0) is 35.7 Å². The van der Waals surface area contributed by atoms with E-state index in [0.717, 1.165) is 17.7 Å². The number of nitrogens with one attached hydrogen (secondary N) is 1. The first kappa shape index (κ1) is 15.1. The lowest BCUT2D eigenvalue weighted by Crippen LogP contribution is -2.05. The van der Waals surface area contributed by atoms with Crippen LogP contribution in [-0.4, -0.2) is 24.8 Å². The van der Waals surface area contributed by atoms with Crippen molar-refractivity contribution in [1.29, 1.82) is 0 Å². The number of ether oxygens (including phenoxy) is 1. The predicted octanol–water partition coefficient (Wildman–Crippen LogP) is 3.19. The van der Waals surface area contributed by atoms with Gasteiger partial charge in [-0.15, -0.1) is 0 Å². The Bertz CT molecular complexity index is 610. The molecule has 2 aromatic carbocycles. The highest BCUT2D eigenvalue weighted by Gasteiger charge is 2.04. The minimum absolute atomic E-state index is 0.307. The molecule has 21 heavy (non-hydrogen) atoms. The van der Waals surface area contributed by atoms with Crippen molar-refractivity contribution >= 4 is 11.7 Å². The van der Waals surface area contributed by atoms with Crippen molar-refractivity contribution in [3.63, 3.8) is 0 Å². The molecule has 0 aliphatic carbocycles. The number of aromatic carboxylic acids is 1. The Kier molecular flexibility index (Phi) is 5.35. The molecule has 4 nitrogen and oxygen atoms in total. The van der Waals surface area contributed by atoms with Crippen molar-refractivity contribution in [1.82, 2.24) is 0 Å². The van der Waals surface area contributed by atoms with Crippen molar-refractivity contribution in [3.05, 3.63) is 65.2 Å². The third-order valence-electron chi connectivity index (χ3n) is 3.25. The standard InChI is InChI=1S/C17H19NO3/c1-21-10-9-14-6-2-3-8-16(14)18-12-13-5-4-7-15(11-13)17(19)20/h2-8,11,18H,9-10,12H2,1H3,(H,19,20). The first-order valence-electron chi connectivity index (χ1n) is 6.83. The van der Waals surface area contributed by atoms with E-state index in [4.69, 9.17) is 9.84 Å². The SMILES string of the molecule is COCCc1ccccc1NCc1cccc(C(=O)O)c1. The van der Waals surface area contributed by atoms with Gasteiger partial charge in [0.1, 0.15) is 0 Å². The number of benzene rings is 2. The Morgan fingerprint density at radius 2 is 2.00 bits per heavy atom. The van der Waals surface area contributed by atoms with Gasteiger partial charge < -0.3 is 15.2 Å². The molecule has 0 saturated carbocycles. The number of carboxylic acid groups (broad SMARTS) is 1. The van der Waals surface area contributed by atoms with E-state index < -0.39 is 5.97 Å². The van der Waals surface area contributed by atoms with Crippen molar-refractivity contribution in [2.75, 3.05) is 19.0 Å². The van der Waals surface area contributed by atoms with Gasteiger partial charge in [0, 0.05) is 19.3 Å². The van der Waals surface area contributed by atoms with Gasteiger partial charge in [0.15, 0.2) is 0 Å². The van der Waals surface area contributed by atoms with Crippen LogP contribution in [0, 0.1) is 0 Å². The maximum atomic E-state index is 11.0. The minimum Gasteiger partial charge on any atom is -0.478 e. The number of hydrogen-bond acceptors (Lipinski definition) is 3. The van der Waals surface area contributed by atoms with Gasteiger partial charge in [0.05, 0.1) is 12.2 Å². The summed E-state index contributed by atoms with van der Waals surface area (Å²) in [5.74, 6) is -0.905. The third-order valence-corrected chi connectivity index (χ3v) is 3.25. The highest BCUT2D eigenvalue weighted by molar-refractivity contribution is 5.87. The van der Waals surface area contributed by atoms with Crippen molar-refractivity contribution < 1.29 is 14.6 Å². The Morgan fingerprint density at radius 1 is 1.19 bits per heavy atom. The fourth-order valence-electron chi connectivity index (χ4n) is 2.13. The summed E-state index contributed by atoms with van der Waals surface area (Å²) in [5.41, 5.74) is 3.49. The van der Waals surface area contributed by atoms with Gasteiger partial charge >= 0.3 is 5.97 Å². The van der Waals surface area contributed by atoms with E-state index in [1.807, 2.05) is 24.3 Å². The molecule has 0 aliphatic heterocycles. The molecular formula is C17H19NO3. The van der Waals surface area contributed by atoms with Crippen LogP contribution in [0.2, 0.25) is 0 Å². The fraction of sp³-hybridized carbons (Fsp3) is 0.235. The van der Waals surface area contributed by atoms with Crippen LogP contribution in [0.3, 0.4) is 0 Å². The van der Waals surface area contributed by atoms with Gasteiger partial charge in [0.25, 0.3) is 0 Å². The summed E-state index contributed by atoms with van der Waals surface area (Å²) in [7, 11) is 1.69. The lowest BCUT2D eigenvalue weighted by molar-refractivity contribution is 0.0697. The van der Waals surface area contributed by atoms with E-state index in [1.54, 1.807) is 25.3 Å². The van der Waals surface area contributed by atoms with Crippen LogP contribution in [0.4, 0.5) is 5.69 Å². The van der Waals surface area contributed by atoms with Crippen LogP contribution in [0.5, 0.6) is 0 Å². The molecule has 0 fully saturated rings. The molecule has 2 N–H and O–H groups in total. The second-order valence-electron chi connectivity index (χ2n) is 4.76. The topological polar surface area (TPSA) is 58.6 Å². The molecule has 2 rings (SSSR count). The molecule has 0 unspecified atom stereocenters. The van der Waals surface area contributed by atoms with Gasteiger partial charge in [-0.2, -0.15) is 0 Å². The summed E-state index contributed by atoms with van der Waals surface area (Å²) in [6, 6.07) is 15.0. The first-order valence-corrected chi connectivity index (χ1v) is 6.83. The summed E-state index contributed by atoms with van der Waals surface area (Å²) >= 11 is 0. The smallest absolute Gasteiger partial charge is 0.335 e. The normalized spacial score (nSPS) is 10.3. The zero-order valence-corrected chi connectivity index (χ0v) is 12.0. The summed E-state index contributed by atoms with van der Waals surface area (Å²) in [6.07, 6.45) is 0.842. The van der Waals surface area contributed by atoms with Crippen LogP contribution in [0.25, 0.3) is 0 Å².